The van der Waals surface area contributed by atoms with Crippen LogP contribution in [0.1, 0.15) is 31.2 Å². The summed E-state index contributed by atoms with van der Waals surface area (Å²) < 4.78 is 26.5. The van der Waals surface area contributed by atoms with Gasteiger partial charge in [0.15, 0.2) is 11.6 Å². The first-order valence-corrected chi connectivity index (χ1v) is 5.88. The number of benzene rings is 1. The van der Waals surface area contributed by atoms with E-state index in [0.29, 0.717) is 11.5 Å². The van der Waals surface area contributed by atoms with Crippen molar-refractivity contribution in [3.63, 3.8) is 0 Å². The van der Waals surface area contributed by atoms with Crippen LogP contribution in [0.25, 0.3) is 0 Å². The van der Waals surface area contributed by atoms with E-state index in [1.807, 2.05) is 0 Å². The number of rotatable bonds is 5. The van der Waals surface area contributed by atoms with Gasteiger partial charge in [-0.3, -0.25) is 0 Å². The van der Waals surface area contributed by atoms with E-state index in [0.717, 1.165) is 25.9 Å². The highest BCUT2D eigenvalue weighted by molar-refractivity contribution is 5.28. The Hall–Kier alpha value is -0.960. The molecule has 1 aromatic rings. The molecule has 0 amide bonds. The second kappa shape index (κ2) is 4.91. The van der Waals surface area contributed by atoms with Crippen molar-refractivity contribution in [2.45, 2.75) is 25.7 Å². The van der Waals surface area contributed by atoms with Crippen LogP contribution < -0.4 is 5.32 Å². The second-order valence-electron chi connectivity index (χ2n) is 4.45. The summed E-state index contributed by atoms with van der Waals surface area (Å²) in [5.41, 5.74) is 0.545. The Morgan fingerprint density at radius 3 is 2.94 bits per heavy atom. The molecule has 1 N–H and O–H groups in total. The minimum Gasteiger partial charge on any atom is -0.316 e. The Labute approximate surface area is 94.9 Å². The van der Waals surface area contributed by atoms with Gasteiger partial charge in [-0.2, -0.15) is 0 Å². The molecule has 2 unspecified atom stereocenters. The second-order valence-corrected chi connectivity index (χ2v) is 4.45. The molecule has 3 heteroatoms. The molecule has 0 aliphatic heterocycles. The molecule has 1 aromatic carbocycles. The fraction of sp³-hybridized carbons (Fsp3) is 0.538. The molecule has 0 spiro atoms. The molecule has 0 aromatic heterocycles. The van der Waals surface area contributed by atoms with Crippen LogP contribution in [0.4, 0.5) is 8.78 Å². The van der Waals surface area contributed by atoms with Crippen LogP contribution >= 0.6 is 0 Å². The lowest BCUT2D eigenvalue weighted by Gasteiger charge is -2.04. The Morgan fingerprint density at radius 1 is 1.38 bits per heavy atom. The van der Waals surface area contributed by atoms with Crippen molar-refractivity contribution in [2.75, 3.05) is 13.1 Å². The van der Waals surface area contributed by atoms with Gasteiger partial charge >= 0.3 is 0 Å². The standard InChI is InChI=1S/C13H17F2N/c1-2-6-16-8-9-7-11(9)10-4-3-5-12(14)13(10)15/h3-5,9,11,16H,2,6-8H2,1H3. The van der Waals surface area contributed by atoms with E-state index in [-0.39, 0.29) is 5.92 Å². The highest BCUT2D eigenvalue weighted by atomic mass is 19.2. The summed E-state index contributed by atoms with van der Waals surface area (Å²) in [6.07, 6.45) is 2.07. The lowest BCUT2D eigenvalue weighted by Crippen LogP contribution is -2.18. The van der Waals surface area contributed by atoms with Gasteiger partial charge in [0.05, 0.1) is 0 Å². The average molecular weight is 225 g/mol. The van der Waals surface area contributed by atoms with Crippen molar-refractivity contribution < 1.29 is 8.78 Å². The predicted molar refractivity (Wildman–Crippen MR) is 60.4 cm³/mol. The summed E-state index contributed by atoms with van der Waals surface area (Å²) in [6.45, 7) is 4.02. The fourth-order valence-corrected chi connectivity index (χ4v) is 2.13. The van der Waals surface area contributed by atoms with Crippen LogP contribution in [0.2, 0.25) is 0 Å². The lowest BCUT2D eigenvalue weighted by molar-refractivity contribution is 0.496. The third-order valence-electron chi connectivity index (χ3n) is 3.14. The smallest absolute Gasteiger partial charge is 0.162 e. The molecule has 0 saturated heterocycles. The molecule has 1 saturated carbocycles. The maximum absolute atomic E-state index is 13.5. The Kier molecular flexibility index (Phi) is 3.54. The SMILES string of the molecule is CCCNCC1CC1c1cccc(F)c1F. The zero-order valence-electron chi connectivity index (χ0n) is 9.47. The first-order valence-electron chi connectivity index (χ1n) is 5.88. The monoisotopic (exact) mass is 225 g/mol. The van der Waals surface area contributed by atoms with E-state index in [4.69, 9.17) is 0 Å². The number of nitrogens with one attached hydrogen (secondary N) is 1. The van der Waals surface area contributed by atoms with Gasteiger partial charge in [0.2, 0.25) is 0 Å². The van der Waals surface area contributed by atoms with E-state index in [1.54, 1.807) is 12.1 Å². The highest BCUT2D eigenvalue weighted by Crippen LogP contribution is 2.47. The molecule has 1 fully saturated rings. The van der Waals surface area contributed by atoms with Crippen molar-refractivity contribution in [1.82, 2.24) is 5.32 Å². The first-order chi connectivity index (χ1) is 7.74. The van der Waals surface area contributed by atoms with Crippen molar-refractivity contribution in [2.24, 2.45) is 5.92 Å². The summed E-state index contributed by atoms with van der Waals surface area (Å²) in [6, 6.07) is 4.46. The molecule has 1 aliphatic carbocycles. The Bertz CT molecular complexity index is 365. The molecule has 1 nitrogen and oxygen atoms in total. The van der Waals surface area contributed by atoms with Gasteiger partial charge in [-0.15, -0.1) is 0 Å². The van der Waals surface area contributed by atoms with Gasteiger partial charge < -0.3 is 5.32 Å². The van der Waals surface area contributed by atoms with E-state index >= 15 is 0 Å². The fourth-order valence-electron chi connectivity index (χ4n) is 2.13. The molecule has 2 atom stereocenters. The summed E-state index contributed by atoms with van der Waals surface area (Å²) >= 11 is 0. The van der Waals surface area contributed by atoms with E-state index in [1.165, 1.54) is 6.07 Å². The van der Waals surface area contributed by atoms with Crippen LogP contribution in [-0.4, -0.2) is 13.1 Å². The highest BCUT2D eigenvalue weighted by Gasteiger charge is 2.39. The maximum Gasteiger partial charge on any atom is 0.162 e. The number of halogens is 2. The molecule has 1 aliphatic rings. The van der Waals surface area contributed by atoms with Crippen molar-refractivity contribution in [3.8, 4) is 0 Å². The Morgan fingerprint density at radius 2 is 2.19 bits per heavy atom. The topological polar surface area (TPSA) is 12.0 Å². The number of hydrogen-bond acceptors (Lipinski definition) is 1. The summed E-state index contributed by atoms with van der Waals surface area (Å²) in [5.74, 6) is -0.710. The normalized spacial score (nSPS) is 23.4. The molecular formula is C13H17F2N. The van der Waals surface area contributed by atoms with Gasteiger partial charge in [0, 0.05) is 0 Å². The average Bonchev–Trinajstić information content (AvgIpc) is 3.02. The predicted octanol–water partition coefficient (Wildman–Crippen LogP) is 3.07. The van der Waals surface area contributed by atoms with Crippen molar-refractivity contribution in [1.29, 1.82) is 0 Å². The largest absolute Gasteiger partial charge is 0.316 e. The van der Waals surface area contributed by atoms with Crippen molar-refractivity contribution in [3.05, 3.63) is 35.4 Å². The van der Waals surface area contributed by atoms with Crippen molar-refractivity contribution >= 4 is 0 Å². The zero-order valence-corrected chi connectivity index (χ0v) is 9.47. The van der Waals surface area contributed by atoms with E-state index in [2.05, 4.69) is 12.2 Å². The van der Waals surface area contributed by atoms with Gasteiger partial charge in [-0.25, -0.2) is 8.78 Å². The molecule has 0 bridgehead atoms. The summed E-state index contributed by atoms with van der Waals surface area (Å²) in [4.78, 5) is 0. The molecular weight excluding hydrogens is 208 g/mol. The summed E-state index contributed by atoms with van der Waals surface area (Å²) in [5, 5.41) is 3.31. The lowest BCUT2D eigenvalue weighted by atomic mass is 10.1. The number of hydrogen-bond donors (Lipinski definition) is 1. The molecule has 0 radical (unpaired) electrons. The third kappa shape index (κ3) is 2.40. The van der Waals surface area contributed by atoms with Gasteiger partial charge in [0.1, 0.15) is 0 Å². The van der Waals surface area contributed by atoms with Crippen LogP contribution in [0.3, 0.4) is 0 Å². The van der Waals surface area contributed by atoms with E-state index < -0.39 is 11.6 Å². The van der Waals surface area contributed by atoms with Gasteiger partial charge in [-0.1, -0.05) is 19.1 Å². The molecule has 0 heterocycles. The molecule has 16 heavy (non-hydrogen) atoms. The van der Waals surface area contributed by atoms with Crippen LogP contribution in [0.5, 0.6) is 0 Å². The minimum absolute atomic E-state index is 0.208. The minimum atomic E-state index is -0.732. The van der Waals surface area contributed by atoms with Crippen LogP contribution in [-0.2, 0) is 0 Å². The van der Waals surface area contributed by atoms with Crippen LogP contribution in [0, 0.1) is 17.6 Å². The quantitative estimate of drug-likeness (QED) is 0.759. The molecule has 2 rings (SSSR count). The zero-order chi connectivity index (χ0) is 11.5. The third-order valence-corrected chi connectivity index (χ3v) is 3.14. The van der Waals surface area contributed by atoms with Gasteiger partial charge in [0.25, 0.3) is 0 Å². The maximum atomic E-state index is 13.5. The first kappa shape index (κ1) is 11.5. The van der Waals surface area contributed by atoms with Crippen LogP contribution in [0.15, 0.2) is 18.2 Å². The van der Waals surface area contributed by atoms with Gasteiger partial charge in [-0.05, 0) is 49.4 Å². The molecule has 88 valence electrons. The Balaban J connectivity index is 1.93. The summed E-state index contributed by atoms with van der Waals surface area (Å²) in [7, 11) is 0. The van der Waals surface area contributed by atoms with E-state index in [9.17, 15) is 8.78 Å².